The van der Waals surface area contributed by atoms with Gasteiger partial charge in [0.15, 0.2) is 0 Å². The van der Waals surface area contributed by atoms with E-state index in [1.807, 2.05) is 6.26 Å². The largest absolute Gasteiger partial charge is 0.224 e. The van der Waals surface area contributed by atoms with Gasteiger partial charge in [0.25, 0.3) is 0 Å². The maximum atomic E-state index is 5.83. The van der Waals surface area contributed by atoms with E-state index < -0.39 is 0 Å². The van der Waals surface area contributed by atoms with Gasteiger partial charge in [0.2, 0.25) is 5.28 Å². The van der Waals surface area contributed by atoms with Crippen molar-refractivity contribution in [1.29, 1.82) is 0 Å². The van der Waals surface area contributed by atoms with Gasteiger partial charge in [-0.3, -0.25) is 0 Å². The van der Waals surface area contributed by atoms with Crippen LogP contribution in [0, 0.1) is 0 Å². The molecular formula is C9H9ClN2S2. The number of rotatable bonds is 2. The first kappa shape index (κ1) is 10.2. The number of hydrogen-bond donors (Lipinski definition) is 0. The Kier molecular flexibility index (Phi) is 2.95. The summed E-state index contributed by atoms with van der Waals surface area (Å²) >= 11 is 9.13. The van der Waals surface area contributed by atoms with Crippen molar-refractivity contribution in [3.05, 3.63) is 16.2 Å². The van der Waals surface area contributed by atoms with Crippen molar-refractivity contribution in [3.8, 4) is 0 Å². The standard InChI is InChI=1S/C9H9ClN2S2/c1-3-5-4-6-7(13-2)11-9(10)12-8(6)14-5/h4H,3H2,1-2H3. The van der Waals surface area contributed by atoms with Gasteiger partial charge in [0, 0.05) is 10.3 Å². The van der Waals surface area contributed by atoms with Crippen LogP contribution in [0.15, 0.2) is 11.1 Å². The van der Waals surface area contributed by atoms with E-state index in [-0.39, 0.29) is 0 Å². The quantitative estimate of drug-likeness (QED) is 0.458. The van der Waals surface area contributed by atoms with E-state index in [0.29, 0.717) is 5.28 Å². The Morgan fingerprint density at radius 1 is 1.50 bits per heavy atom. The molecule has 74 valence electrons. The van der Waals surface area contributed by atoms with Gasteiger partial charge in [0.1, 0.15) is 9.86 Å². The van der Waals surface area contributed by atoms with Crippen LogP contribution in [-0.4, -0.2) is 16.2 Å². The number of thiophene rings is 1. The first-order valence-corrected chi connectivity index (χ1v) is 6.66. The number of thioether (sulfide) groups is 1. The van der Waals surface area contributed by atoms with E-state index in [1.54, 1.807) is 23.1 Å². The monoisotopic (exact) mass is 244 g/mol. The maximum absolute atomic E-state index is 5.83. The molecule has 0 unspecified atom stereocenters. The molecule has 0 atom stereocenters. The minimum Gasteiger partial charge on any atom is -0.211 e. The Morgan fingerprint density at radius 2 is 2.29 bits per heavy atom. The summed E-state index contributed by atoms with van der Waals surface area (Å²) in [6, 6.07) is 2.15. The summed E-state index contributed by atoms with van der Waals surface area (Å²) in [5.74, 6) is 0. The van der Waals surface area contributed by atoms with E-state index in [2.05, 4.69) is 23.0 Å². The number of aromatic nitrogens is 2. The zero-order valence-corrected chi connectivity index (χ0v) is 10.3. The Bertz CT molecular complexity index is 467. The molecule has 0 bridgehead atoms. The average Bonchev–Trinajstić information content (AvgIpc) is 2.59. The van der Waals surface area contributed by atoms with Crippen molar-refractivity contribution in [2.24, 2.45) is 0 Å². The highest BCUT2D eigenvalue weighted by molar-refractivity contribution is 7.98. The van der Waals surface area contributed by atoms with Gasteiger partial charge >= 0.3 is 0 Å². The number of nitrogens with zero attached hydrogens (tertiary/aromatic N) is 2. The highest BCUT2D eigenvalue weighted by atomic mass is 35.5. The predicted octanol–water partition coefficient (Wildman–Crippen LogP) is 3.63. The normalized spacial score (nSPS) is 11.1. The van der Waals surface area contributed by atoms with E-state index in [9.17, 15) is 0 Å². The lowest BCUT2D eigenvalue weighted by molar-refractivity contribution is 1.11. The molecule has 0 aromatic carbocycles. The molecule has 0 fully saturated rings. The van der Waals surface area contributed by atoms with Crippen molar-refractivity contribution in [3.63, 3.8) is 0 Å². The molecule has 0 spiro atoms. The smallest absolute Gasteiger partial charge is 0.211 e. The second-order valence-corrected chi connectivity index (χ2v) is 5.04. The summed E-state index contributed by atoms with van der Waals surface area (Å²) in [6.07, 6.45) is 3.04. The SMILES string of the molecule is CCc1cc2c(SC)nc(Cl)nc2s1. The summed E-state index contributed by atoms with van der Waals surface area (Å²) in [6.45, 7) is 2.14. The van der Waals surface area contributed by atoms with Gasteiger partial charge in [-0.2, -0.15) is 0 Å². The number of fused-ring (bicyclic) bond motifs is 1. The van der Waals surface area contributed by atoms with Crippen LogP contribution in [0.2, 0.25) is 5.28 Å². The summed E-state index contributed by atoms with van der Waals surface area (Å²) < 4.78 is 0. The second-order valence-electron chi connectivity index (χ2n) is 2.79. The van der Waals surface area contributed by atoms with Gasteiger partial charge in [-0.15, -0.1) is 23.1 Å². The molecule has 0 saturated heterocycles. The van der Waals surface area contributed by atoms with Gasteiger partial charge in [0.05, 0.1) is 0 Å². The minimum atomic E-state index is 0.339. The van der Waals surface area contributed by atoms with Gasteiger partial charge in [-0.05, 0) is 30.3 Å². The fourth-order valence-corrected chi connectivity index (χ4v) is 3.10. The first-order valence-electron chi connectivity index (χ1n) is 4.24. The highest BCUT2D eigenvalue weighted by Gasteiger charge is 2.09. The lowest BCUT2D eigenvalue weighted by Gasteiger charge is -1.96. The van der Waals surface area contributed by atoms with E-state index in [4.69, 9.17) is 11.6 Å². The Hall–Kier alpha value is -0.320. The fraction of sp³-hybridized carbons (Fsp3) is 0.333. The Morgan fingerprint density at radius 3 is 2.93 bits per heavy atom. The third-order valence-electron chi connectivity index (χ3n) is 1.92. The number of aryl methyl sites for hydroxylation is 1. The molecule has 5 heteroatoms. The molecule has 0 aliphatic heterocycles. The first-order chi connectivity index (χ1) is 6.74. The molecule has 0 amide bonds. The molecule has 2 aromatic heterocycles. The Balaban J connectivity index is 2.71. The summed E-state index contributed by atoms with van der Waals surface area (Å²) in [4.78, 5) is 10.7. The molecular weight excluding hydrogens is 236 g/mol. The predicted molar refractivity (Wildman–Crippen MR) is 63.6 cm³/mol. The van der Waals surface area contributed by atoms with Crippen molar-refractivity contribution >= 4 is 44.9 Å². The third kappa shape index (κ3) is 1.74. The minimum absolute atomic E-state index is 0.339. The van der Waals surface area contributed by atoms with Gasteiger partial charge in [-0.1, -0.05) is 6.92 Å². The zero-order valence-electron chi connectivity index (χ0n) is 7.87. The third-order valence-corrected chi connectivity index (χ3v) is 3.96. The molecule has 2 nitrogen and oxygen atoms in total. The van der Waals surface area contributed by atoms with Crippen LogP contribution >= 0.6 is 34.7 Å². The van der Waals surface area contributed by atoms with Gasteiger partial charge < -0.3 is 0 Å². The number of hydrogen-bond acceptors (Lipinski definition) is 4. The van der Waals surface area contributed by atoms with Crippen molar-refractivity contribution in [2.75, 3.05) is 6.26 Å². The zero-order chi connectivity index (χ0) is 10.1. The fourth-order valence-electron chi connectivity index (χ4n) is 1.25. The second kappa shape index (κ2) is 4.04. The van der Waals surface area contributed by atoms with Crippen LogP contribution in [0.5, 0.6) is 0 Å². The topological polar surface area (TPSA) is 25.8 Å². The van der Waals surface area contributed by atoms with Gasteiger partial charge in [-0.25, -0.2) is 9.97 Å². The van der Waals surface area contributed by atoms with Crippen LogP contribution in [0.25, 0.3) is 10.2 Å². The highest BCUT2D eigenvalue weighted by Crippen LogP contribution is 2.31. The lowest BCUT2D eigenvalue weighted by Crippen LogP contribution is -1.84. The maximum Gasteiger partial charge on any atom is 0.224 e. The van der Waals surface area contributed by atoms with Crippen molar-refractivity contribution in [2.45, 2.75) is 18.4 Å². The molecule has 14 heavy (non-hydrogen) atoms. The molecule has 0 radical (unpaired) electrons. The molecule has 0 saturated carbocycles. The van der Waals surface area contributed by atoms with E-state index in [0.717, 1.165) is 21.7 Å². The summed E-state index contributed by atoms with van der Waals surface area (Å²) in [5.41, 5.74) is 0. The van der Waals surface area contributed by atoms with Crippen molar-refractivity contribution < 1.29 is 0 Å². The molecule has 2 aromatic rings. The van der Waals surface area contributed by atoms with Crippen LogP contribution in [0.1, 0.15) is 11.8 Å². The van der Waals surface area contributed by atoms with Crippen LogP contribution in [0.4, 0.5) is 0 Å². The Labute approximate surface area is 95.7 Å². The molecule has 0 aliphatic rings. The van der Waals surface area contributed by atoms with Crippen LogP contribution in [0.3, 0.4) is 0 Å². The average molecular weight is 245 g/mol. The molecule has 2 rings (SSSR count). The molecule has 2 heterocycles. The van der Waals surface area contributed by atoms with E-state index in [1.165, 1.54) is 4.88 Å². The molecule has 0 aliphatic carbocycles. The lowest BCUT2D eigenvalue weighted by atomic mass is 10.3. The summed E-state index contributed by atoms with van der Waals surface area (Å²) in [7, 11) is 0. The van der Waals surface area contributed by atoms with Crippen LogP contribution < -0.4 is 0 Å². The number of halogens is 1. The van der Waals surface area contributed by atoms with Crippen molar-refractivity contribution in [1.82, 2.24) is 9.97 Å². The van der Waals surface area contributed by atoms with E-state index >= 15 is 0 Å². The van der Waals surface area contributed by atoms with Crippen LogP contribution in [-0.2, 0) is 6.42 Å². The molecule has 0 N–H and O–H groups in total. The summed E-state index contributed by atoms with van der Waals surface area (Å²) in [5, 5.41) is 2.44.